The Morgan fingerprint density at radius 3 is 2.77 bits per heavy atom. The van der Waals surface area contributed by atoms with E-state index in [1.165, 1.54) is 11.3 Å². The topological polar surface area (TPSA) is 62.2 Å². The molecule has 0 fully saturated rings. The summed E-state index contributed by atoms with van der Waals surface area (Å²) in [5.41, 5.74) is -0.192. The molecule has 3 heterocycles. The molecular formula is C19H25ClF3N5OS. The van der Waals surface area contributed by atoms with E-state index in [9.17, 15) is 18.0 Å². The molecule has 1 amide bonds. The molecule has 2 atom stereocenters. The second-order valence-electron chi connectivity index (χ2n) is 7.10. The Hall–Kier alpha value is -1.78. The fourth-order valence-corrected chi connectivity index (χ4v) is 4.59. The first-order valence-electron chi connectivity index (χ1n) is 9.91. The van der Waals surface area contributed by atoms with Gasteiger partial charge in [0.2, 0.25) is 0 Å². The molecule has 2 aromatic rings. The molecule has 0 spiro atoms. The van der Waals surface area contributed by atoms with Crippen LogP contribution >= 0.6 is 22.9 Å². The first-order valence-corrected chi connectivity index (χ1v) is 11.2. The first kappa shape index (κ1) is 22.9. The van der Waals surface area contributed by atoms with E-state index in [0.717, 1.165) is 35.6 Å². The summed E-state index contributed by atoms with van der Waals surface area (Å²) in [4.78, 5) is 15.5. The van der Waals surface area contributed by atoms with Crippen LogP contribution in [0, 0.1) is 0 Å². The summed E-state index contributed by atoms with van der Waals surface area (Å²) in [6.07, 6.45) is -4.01. The summed E-state index contributed by atoms with van der Waals surface area (Å²) in [5, 5.41) is 11.4. The molecule has 2 N–H and O–H groups in total. The third kappa shape index (κ3) is 4.92. The Balaban J connectivity index is 1.77. The first-order chi connectivity index (χ1) is 14.3. The van der Waals surface area contributed by atoms with Crippen molar-refractivity contribution in [3.05, 3.63) is 33.1 Å². The molecule has 0 radical (unpaired) electrons. The molecule has 2 aromatic heterocycles. The van der Waals surface area contributed by atoms with Crippen LogP contribution in [0.5, 0.6) is 0 Å². The largest absolute Gasteiger partial charge is 0.410 e. The minimum Gasteiger partial charge on any atom is -0.361 e. The van der Waals surface area contributed by atoms with Crippen LogP contribution in [0.1, 0.15) is 54.1 Å². The predicted molar refractivity (Wildman–Crippen MR) is 112 cm³/mol. The van der Waals surface area contributed by atoms with Crippen molar-refractivity contribution in [3.63, 3.8) is 0 Å². The molecular weight excluding hydrogens is 439 g/mol. The Labute approximate surface area is 182 Å². The zero-order chi connectivity index (χ0) is 21.9. The lowest BCUT2D eigenvalue weighted by Gasteiger charge is -2.32. The molecule has 0 bridgehead atoms. The van der Waals surface area contributed by atoms with Crippen molar-refractivity contribution in [2.45, 2.75) is 44.9 Å². The van der Waals surface area contributed by atoms with Gasteiger partial charge >= 0.3 is 6.18 Å². The van der Waals surface area contributed by atoms with E-state index in [1.54, 1.807) is 12.1 Å². The van der Waals surface area contributed by atoms with Gasteiger partial charge < -0.3 is 15.5 Å². The van der Waals surface area contributed by atoms with Crippen molar-refractivity contribution >= 4 is 34.7 Å². The van der Waals surface area contributed by atoms with Crippen LogP contribution in [0.3, 0.4) is 0 Å². The normalized spacial score (nSPS) is 18.9. The molecule has 11 heteroatoms. The van der Waals surface area contributed by atoms with Gasteiger partial charge in [-0.25, -0.2) is 4.68 Å². The average Bonchev–Trinajstić information content (AvgIpc) is 3.35. The zero-order valence-corrected chi connectivity index (χ0v) is 18.4. The number of amides is 1. The maximum atomic E-state index is 13.7. The lowest BCUT2D eigenvalue weighted by atomic mass is 10.0. The number of carbonyl (C=O) groups is 1. The van der Waals surface area contributed by atoms with Gasteiger partial charge in [0.25, 0.3) is 5.91 Å². The number of aromatic nitrogens is 2. The summed E-state index contributed by atoms with van der Waals surface area (Å²) < 4.78 is 42.0. The quantitative estimate of drug-likeness (QED) is 0.556. The van der Waals surface area contributed by atoms with Gasteiger partial charge in [-0.05, 0) is 37.5 Å². The van der Waals surface area contributed by atoms with Crippen molar-refractivity contribution in [2.24, 2.45) is 0 Å². The molecule has 166 valence electrons. The van der Waals surface area contributed by atoms with Crippen molar-refractivity contribution in [2.75, 3.05) is 31.5 Å². The highest BCUT2D eigenvalue weighted by atomic mass is 35.5. The third-order valence-corrected chi connectivity index (χ3v) is 6.57. The van der Waals surface area contributed by atoms with E-state index in [2.05, 4.69) is 34.5 Å². The number of carbonyl (C=O) groups excluding carboxylic acids is 1. The molecule has 0 unspecified atom stereocenters. The van der Waals surface area contributed by atoms with Crippen LogP contribution in [0.25, 0.3) is 0 Å². The van der Waals surface area contributed by atoms with Crippen LogP contribution in [0.2, 0.25) is 5.02 Å². The number of thiophene rings is 1. The molecule has 1 aliphatic heterocycles. The highest BCUT2D eigenvalue weighted by molar-refractivity contribution is 7.10. The highest BCUT2D eigenvalue weighted by Gasteiger charge is 2.48. The van der Waals surface area contributed by atoms with Crippen LogP contribution in [0.4, 0.5) is 19.0 Å². The second-order valence-corrected chi connectivity index (χ2v) is 8.45. The SMILES string of the molecule is CCN(CC)CCCNC(=O)c1nn2c(c1Cl)N[C@@H](c1cccs1)C[C@H]2C(F)(F)F. The van der Waals surface area contributed by atoms with Crippen molar-refractivity contribution in [3.8, 4) is 0 Å². The van der Waals surface area contributed by atoms with Crippen LogP contribution in [-0.4, -0.2) is 52.9 Å². The van der Waals surface area contributed by atoms with E-state index < -0.39 is 24.2 Å². The van der Waals surface area contributed by atoms with Gasteiger partial charge in [0.05, 0.1) is 6.04 Å². The third-order valence-electron chi connectivity index (χ3n) is 5.23. The summed E-state index contributed by atoms with van der Waals surface area (Å²) in [6, 6.07) is 1.15. The smallest absolute Gasteiger partial charge is 0.361 e. The van der Waals surface area contributed by atoms with E-state index in [1.807, 2.05) is 5.38 Å². The molecule has 6 nitrogen and oxygen atoms in total. The second kappa shape index (κ2) is 9.57. The van der Waals surface area contributed by atoms with E-state index in [4.69, 9.17) is 11.6 Å². The highest BCUT2D eigenvalue weighted by Crippen LogP contribution is 2.46. The molecule has 0 aliphatic carbocycles. The molecule has 0 saturated carbocycles. The van der Waals surface area contributed by atoms with Gasteiger partial charge in [0.15, 0.2) is 11.7 Å². The lowest BCUT2D eigenvalue weighted by Crippen LogP contribution is -2.35. The fourth-order valence-electron chi connectivity index (χ4n) is 3.54. The number of nitrogens with one attached hydrogen (secondary N) is 2. The van der Waals surface area contributed by atoms with Crippen LogP contribution < -0.4 is 10.6 Å². The number of rotatable bonds is 8. The van der Waals surface area contributed by atoms with Crippen molar-refractivity contribution < 1.29 is 18.0 Å². The number of nitrogens with zero attached hydrogens (tertiary/aromatic N) is 3. The lowest BCUT2D eigenvalue weighted by molar-refractivity contribution is -0.173. The summed E-state index contributed by atoms with van der Waals surface area (Å²) in [7, 11) is 0. The maximum absolute atomic E-state index is 13.7. The van der Waals surface area contributed by atoms with Crippen molar-refractivity contribution in [1.29, 1.82) is 0 Å². The molecule has 30 heavy (non-hydrogen) atoms. The minimum absolute atomic E-state index is 0.0249. The minimum atomic E-state index is -4.51. The predicted octanol–water partition coefficient (Wildman–Crippen LogP) is 4.72. The van der Waals surface area contributed by atoms with E-state index in [-0.39, 0.29) is 23.0 Å². The van der Waals surface area contributed by atoms with E-state index >= 15 is 0 Å². The van der Waals surface area contributed by atoms with Gasteiger partial charge in [-0.3, -0.25) is 4.79 Å². The Kier molecular flexibility index (Phi) is 7.30. The molecule has 3 rings (SSSR count). The number of halogens is 4. The van der Waals surface area contributed by atoms with Crippen LogP contribution in [-0.2, 0) is 0 Å². The molecule has 0 saturated heterocycles. The summed E-state index contributed by atoms with van der Waals surface area (Å²) in [5.74, 6) is -0.547. The number of anilines is 1. The van der Waals surface area contributed by atoms with Gasteiger partial charge in [-0.15, -0.1) is 11.3 Å². The molecule has 0 aromatic carbocycles. The monoisotopic (exact) mass is 463 g/mol. The standard InChI is InChI=1S/C19H25ClF3N5OS/c1-3-27(4-2)9-6-8-24-18(29)16-15(20)17-25-12(13-7-5-10-30-13)11-14(19(21,22)23)28(17)26-16/h5,7,10,12,14,25H,3-4,6,8-9,11H2,1-2H3,(H,24,29)/t12-,14+/m1/s1. The number of alkyl halides is 3. The number of hydrogen-bond donors (Lipinski definition) is 2. The summed E-state index contributed by atoms with van der Waals surface area (Å²) >= 11 is 7.68. The van der Waals surface area contributed by atoms with Gasteiger partial charge in [0, 0.05) is 17.8 Å². The van der Waals surface area contributed by atoms with Gasteiger partial charge in [-0.1, -0.05) is 31.5 Å². The summed E-state index contributed by atoms with van der Waals surface area (Å²) in [6.45, 7) is 7.17. The van der Waals surface area contributed by atoms with Gasteiger partial charge in [0.1, 0.15) is 10.8 Å². The number of hydrogen-bond acceptors (Lipinski definition) is 5. The Morgan fingerprint density at radius 2 is 2.17 bits per heavy atom. The van der Waals surface area contributed by atoms with E-state index in [0.29, 0.717) is 6.54 Å². The average molecular weight is 464 g/mol. The zero-order valence-electron chi connectivity index (χ0n) is 16.8. The maximum Gasteiger partial charge on any atom is 0.410 e. The van der Waals surface area contributed by atoms with Crippen molar-refractivity contribution in [1.82, 2.24) is 20.0 Å². The van der Waals surface area contributed by atoms with Crippen LogP contribution in [0.15, 0.2) is 17.5 Å². The van der Waals surface area contributed by atoms with Gasteiger partial charge in [-0.2, -0.15) is 18.3 Å². The Bertz CT molecular complexity index is 851. The fraction of sp³-hybridized carbons (Fsp3) is 0.579. The Morgan fingerprint density at radius 1 is 1.43 bits per heavy atom. The molecule has 1 aliphatic rings. The number of fused-ring (bicyclic) bond motifs is 1.